The number of nitrogens with one attached hydrogen (secondary N) is 1. The zero-order valence-corrected chi connectivity index (χ0v) is 12.4. The predicted molar refractivity (Wildman–Crippen MR) is 79.6 cm³/mol. The smallest absolute Gasteiger partial charge is 0.110 e. The van der Waals surface area contributed by atoms with Gasteiger partial charge in [-0.2, -0.15) is 0 Å². The van der Waals surface area contributed by atoms with Gasteiger partial charge in [-0.1, -0.05) is 17.7 Å². The molecule has 0 aliphatic rings. The van der Waals surface area contributed by atoms with E-state index in [0.717, 1.165) is 23.8 Å². The van der Waals surface area contributed by atoms with E-state index in [1.807, 2.05) is 31.6 Å². The molecular weight excluding hydrogens is 258 g/mol. The van der Waals surface area contributed by atoms with Crippen molar-refractivity contribution >= 4 is 11.6 Å². The van der Waals surface area contributed by atoms with Gasteiger partial charge in [-0.05, 0) is 44.2 Å². The van der Waals surface area contributed by atoms with Gasteiger partial charge in [0.1, 0.15) is 5.82 Å². The van der Waals surface area contributed by atoms with Gasteiger partial charge in [0.15, 0.2) is 0 Å². The van der Waals surface area contributed by atoms with Crippen molar-refractivity contribution in [1.82, 2.24) is 14.9 Å². The van der Waals surface area contributed by atoms with Crippen molar-refractivity contribution in [2.75, 3.05) is 7.05 Å². The highest BCUT2D eigenvalue weighted by Gasteiger charge is 2.15. The zero-order chi connectivity index (χ0) is 13.8. The Labute approximate surface area is 119 Å². The fourth-order valence-electron chi connectivity index (χ4n) is 2.40. The summed E-state index contributed by atoms with van der Waals surface area (Å²) >= 11 is 6.02. The van der Waals surface area contributed by atoms with E-state index in [-0.39, 0.29) is 6.04 Å². The topological polar surface area (TPSA) is 29.9 Å². The molecule has 0 spiro atoms. The lowest BCUT2D eigenvalue weighted by molar-refractivity contribution is 0.551. The molecule has 2 aromatic rings. The molecule has 3 nitrogen and oxygen atoms in total. The molecule has 0 aliphatic heterocycles. The Morgan fingerprint density at radius 3 is 2.84 bits per heavy atom. The summed E-state index contributed by atoms with van der Waals surface area (Å²) in [7, 11) is 1.98. The molecule has 0 radical (unpaired) electrons. The minimum atomic E-state index is 0.255. The first-order valence-corrected chi connectivity index (χ1v) is 6.96. The average Bonchev–Trinajstić information content (AvgIpc) is 2.84. The van der Waals surface area contributed by atoms with Crippen molar-refractivity contribution in [1.29, 1.82) is 0 Å². The number of imidazole rings is 1. The SMILES string of the molecule is CCn1ccnc1CC(NC)c1ccc(Cl)cc1C. The third kappa shape index (κ3) is 3.17. The van der Waals surface area contributed by atoms with E-state index >= 15 is 0 Å². The minimum absolute atomic E-state index is 0.255. The van der Waals surface area contributed by atoms with Crippen LogP contribution in [0.4, 0.5) is 0 Å². The van der Waals surface area contributed by atoms with Gasteiger partial charge in [-0.25, -0.2) is 4.98 Å². The molecule has 0 saturated heterocycles. The van der Waals surface area contributed by atoms with Crippen LogP contribution in [-0.2, 0) is 13.0 Å². The number of rotatable bonds is 5. The van der Waals surface area contributed by atoms with Gasteiger partial charge < -0.3 is 9.88 Å². The van der Waals surface area contributed by atoms with Crippen LogP contribution < -0.4 is 5.32 Å². The van der Waals surface area contributed by atoms with Crippen LogP contribution in [0.3, 0.4) is 0 Å². The van der Waals surface area contributed by atoms with Crippen molar-refractivity contribution in [3.8, 4) is 0 Å². The average molecular weight is 278 g/mol. The maximum atomic E-state index is 6.02. The molecule has 0 fully saturated rings. The monoisotopic (exact) mass is 277 g/mol. The molecule has 2 rings (SSSR count). The first-order chi connectivity index (χ1) is 9.15. The molecule has 0 bridgehead atoms. The van der Waals surface area contributed by atoms with Crippen molar-refractivity contribution in [3.05, 3.63) is 52.6 Å². The van der Waals surface area contributed by atoms with Crippen LogP contribution in [0.1, 0.15) is 29.9 Å². The summed E-state index contributed by atoms with van der Waals surface area (Å²) < 4.78 is 2.18. The van der Waals surface area contributed by atoms with E-state index in [9.17, 15) is 0 Å². The molecule has 1 aromatic heterocycles. The summed E-state index contributed by atoms with van der Waals surface area (Å²) in [4.78, 5) is 4.44. The maximum absolute atomic E-state index is 6.02. The van der Waals surface area contributed by atoms with E-state index in [0.29, 0.717) is 0 Å². The van der Waals surface area contributed by atoms with Gasteiger partial charge in [0, 0.05) is 36.4 Å². The summed E-state index contributed by atoms with van der Waals surface area (Å²) in [5.41, 5.74) is 2.49. The highest BCUT2D eigenvalue weighted by Crippen LogP contribution is 2.23. The molecule has 0 aliphatic carbocycles. The van der Waals surface area contributed by atoms with Crippen LogP contribution in [-0.4, -0.2) is 16.6 Å². The summed E-state index contributed by atoms with van der Waals surface area (Å²) in [6.07, 6.45) is 4.76. The summed E-state index contributed by atoms with van der Waals surface area (Å²) in [5.74, 6) is 1.11. The molecule has 4 heteroatoms. The normalized spacial score (nSPS) is 12.6. The molecular formula is C15H20ClN3. The van der Waals surface area contributed by atoms with Crippen molar-refractivity contribution < 1.29 is 0 Å². The Hall–Kier alpha value is -1.32. The Morgan fingerprint density at radius 2 is 2.21 bits per heavy atom. The van der Waals surface area contributed by atoms with Gasteiger partial charge in [-0.3, -0.25) is 0 Å². The summed E-state index contributed by atoms with van der Waals surface area (Å²) in [5, 5.41) is 4.16. The molecule has 1 atom stereocenters. The van der Waals surface area contributed by atoms with Crippen LogP contribution in [0.25, 0.3) is 0 Å². The highest BCUT2D eigenvalue weighted by atomic mass is 35.5. The Morgan fingerprint density at radius 1 is 1.42 bits per heavy atom. The van der Waals surface area contributed by atoms with Crippen molar-refractivity contribution in [2.45, 2.75) is 32.9 Å². The molecule has 1 N–H and O–H groups in total. The van der Waals surface area contributed by atoms with E-state index in [4.69, 9.17) is 11.6 Å². The van der Waals surface area contributed by atoms with Gasteiger partial charge in [0.05, 0.1) is 0 Å². The van der Waals surface area contributed by atoms with Crippen LogP contribution in [0.15, 0.2) is 30.6 Å². The second-order valence-corrected chi connectivity index (χ2v) is 5.11. The highest BCUT2D eigenvalue weighted by molar-refractivity contribution is 6.30. The van der Waals surface area contributed by atoms with E-state index < -0.39 is 0 Å². The second-order valence-electron chi connectivity index (χ2n) is 4.68. The number of aromatic nitrogens is 2. The molecule has 1 unspecified atom stereocenters. The largest absolute Gasteiger partial charge is 0.335 e. The van der Waals surface area contributed by atoms with Crippen LogP contribution in [0, 0.1) is 6.92 Å². The fraction of sp³-hybridized carbons (Fsp3) is 0.400. The molecule has 19 heavy (non-hydrogen) atoms. The fourth-order valence-corrected chi connectivity index (χ4v) is 2.62. The van der Waals surface area contributed by atoms with E-state index in [2.05, 4.69) is 34.8 Å². The standard InChI is InChI=1S/C15H20ClN3/c1-4-19-8-7-18-15(19)10-14(17-3)13-6-5-12(16)9-11(13)2/h5-9,14,17H,4,10H2,1-3H3. The van der Waals surface area contributed by atoms with Crippen molar-refractivity contribution in [2.24, 2.45) is 0 Å². The lowest BCUT2D eigenvalue weighted by Crippen LogP contribution is -2.21. The number of halogens is 1. The zero-order valence-electron chi connectivity index (χ0n) is 11.7. The third-order valence-corrected chi connectivity index (χ3v) is 3.72. The predicted octanol–water partition coefficient (Wildman–Crippen LogP) is 3.37. The van der Waals surface area contributed by atoms with Gasteiger partial charge in [0.2, 0.25) is 0 Å². The van der Waals surface area contributed by atoms with Crippen molar-refractivity contribution in [3.63, 3.8) is 0 Å². The van der Waals surface area contributed by atoms with Crippen LogP contribution >= 0.6 is 11.6 Å². The molecule has 0 saturated carbocycles. The Kier molecular flexibility index (Phi) is 4.61. The first kappa shape index (κ1) is 14.1. The Balaban J connectivity index is 2.25. The van der Waals surface area contributed by atoms with Gasteiger partial charge >= 0.3 is 0 Å². The maximum Gasteiger partial charge on any atom is 0.110 e. The number of hydrogen-bond donors (Lipinski definition) is 1. The number of benzene rings is 1. The summed E-state index contributed by atoms with van der Waals surface area (Å²) in [6, 6.07) is 6.30. The number of likely N-dealkylation sites (N-methyl/N-ethyl adjacent to an activating group) is 1. The first-order valence-electron chi connectivity index (χ1n) is 6.59. The van der Waals surface area contributed by atoms with Gasteiger partial charge in [0.25, 0.3) is 0 Å². The van der Waals surface area contributed by atoms with Crippen LogP contribution in [0.2, 0.25) is 5.02 Å². The third-order valence-electron chi connectivity index (χ3n) is 3.48. The molecule has 1 aromatic carbocycles. The van der Waals surface area contributed by atoms with Gasteiger partial charge in [-0.15, -0.1) is 0 Å². The molecule has 1 heterocycles. The number of hydrogen-bond acceptors (Lipinski definition) is 2. The van der Waals surface area contributed by atoms with E-state index in [1.165, 1.54) is 11.1 Å². The second kappa shape index (κ2) is 6.22. The summed E-state index contributed by atoms with van der Waals surface area (Å²) in [6.45, 7) is 5.18. The van der Waals surface area contributed by atoms with Crippen LogP contribution in [0.5, 0.6) is 0 Å². The molecule has 0 amide bonds. The lowest BCUT2D eigenvalue weighted by Gasteiger charge is -2.19. The number of nitrogens with zero attached hydrogens (tertiary/aromatic N) is 2. The lowest BCUT2D eigenvalue weighted by atomic mass is 9.98. The number of aryl methyl sites for hydroxylation is 2. The van der Waals surface area contributed by atoms with E-state index in [1.54, 1.807) is 0 Å². The Bertz CT molecular complexity index is 548. The minimum Gasteiger partial charge on any atom is -0.335 e. The molecule has 102 valence electrons. The quantitative estimate of drug-likeness (QED) is 0.908.